The van der Waals surface area contributed by atoms with Gasteiger partial charge in [-0.25, -0.2) is 0 Å². The number of rotatable bonds is 5. The highest BCUT2D eigenvalue weighted by Gasteiger charge is 2.41. The number of carbonyl (C=O) groups excluding carboxylic acids is 1. The molecular weight excluding hydrogens is 396 g/mol. The predicted molar refractivity (Wildman–Crippen MR) is 127 cm³/mol. The molecule has 0 radical (unpaired) electrons. The van der Waals surface area contributed by atoms with Crippen LogP contribution in [0.15, 0.2) is 78.9 Å². The van der Waals surface area contributed by atoms with Crippen LogP contribution in [0.5, 0.6) is 0 Å². The summed E-state index contributed by atoms with van der Waals surface area (Å²) in [5.74, 6) is -0.156. The largest absolute Gasteiger partial charge is 0.465 e. The van der Waals surface area contributed by atoms with Crippen molar-refractivity contribution in [1.29, 1.82) is 0 Å². The Balaban J connectivity index is 1.70. The van der Waals surface area contributed by atoms with Crippen LogP contribution < -0.4 is 0 Å². The van der Waals surface area contributed by atoms with Crippen LogP contribution in [-0.4, -0.2) is 28.5 Å². The van der Waals surface area contributed by atoms with Gasteiger partial charge < -0.3 is 9.72 Å². The molecule has 0 saturated carbocycles. The fourth-order valence-corrected chi connectivity index (χ4v) is 4.89. The lowest BCUT2D eigenvalue weighted by atomic mass is 9.87. The second-order valence-electron chi connectivity index (χ2n) is 8.51. The van der Waals surface area contributed by atoms with Gasteiger partial charge in [-0.1, -0.05) is 78.4 Å². The zero-order chi connectivity index (χ0) is 22.1. The van der Waals surface area contributed by atoms with Crippen molar-refractivity contribution in [3.63, 3.8) is 0 Å². The Hall–Kier alpha value is -3.37. The van der Waals surface area contributed by atoms with Gasteiger partial charge >= 0.3 is 5.97 Å². The summed E-state index contributed by atoms with van der Waals surface area (Å²) in [4.78, 5) is 19.2. The minimum atomic E-state index is -0.354. The molecule has 4 heteroatoms. The normalized spacial score (nSPS) is 18.4. The van der Waals surface area contributed by atoms with Crippen LogP contribution >= 0.6 is 0 Å². The number of nitrogens with one attached hydrogen (secondary N) is 1. The Morgan fingerprint density at radius 2 is 1.72 bits per heavy atom. The number of para-hydroxylation sites is 1. The summed E-state index contributed by atoms with van der Waals surface area (Å²) in [7, 11) is 0. The lowest BCUT2D eigenvalue weighted by Crippen LogP contribution is -2.48. The van der Waals surface area contributed by atoms with Gasteiger partial charge in [0.15, 0.2) is 0 Å². The Morgan fingerprint density at radius 1 is 1.00 bits per heavy atom. The predicted octanol–water partition coefficient (Wildman–Crippen LogP) is 5.56. The summed E-state index contributed by atoms with van der Waals surface area (Å²) >= 11 is 0. The van der Waals surface area contributed by atoms with Gasteiger partial charge in [-0.2, -0.15) is 0 Å². The summed E-state index contributed by atoms with van der Waals surface area (Å²) in [5, 5.41) is 1.19. The molecular formula is C28H28N2O2. The molecule has 162 valence electrons. The van der Waals surface area contributed by atoms with Crippen LogP contribution in [0.4, 0.5) is 0 Å². The number of carbonyl (C=O) groups is 1. The fraction of sp³-hybridized carbons (Fsp3) is 0.250. The number of hydrogen-bond acceptors (Lipinski definition) is 3. The van der Waals surface area contributed by atoms with Crippen LogP contribution in [0.1, 0.15) is 40.9 Å². The van der Waals surface area contributed by atoms with Crippen molar-refractivity contribution in [2.45, 2.75) is 38.9 Å². The number of esters is 1. The van der Waals surface area contributed by atoms with Crippen LogP contribution in [0.25, 0.3) is 10.9 Å². The molecule has 0 aliphatic carbocycles. The van der Waals surface area contributed by atoms with E-state index in [9.17, 15) is 4.79 Å². The van der Waals surface area contributed by atoms with Gasteiger partial charge in [0, 0.05) is 29.6 Å². The van der Waals surface area contributed by atoms with Gasteiger partial charge in [0.05, 0.1) is 12.6 Å². The van der Waals surface area contributed by atoms with E-state index in [4.69, 9.17) is 4.74 Å². The minimum Gasteiger partial charge on any atom is -0.465 e. The number of aromatic amines is 1. The molecule has 2 heterocycles. The smallest absolute Gasteiger partial charge is 0.323 e. The number of hydrogen-bond donors (Lipinski definition) is 1. The summed E-state index contributed by atoms with van der Waals surface area (Å²) in [6, 6.07) is 27.0. The zero-order valence-corrected chi connectivity index (χ0v) is 18.5. The van der Waals surface area contributed by atoms with Gasteiger partial charge in [-0.3, -0.25) is 9.69 Å². The maximum absolute atomic E-state index is 13.2. The molecule has 1 N–H and O–H groups in total. The topological polar surface area (TPSA) is 45.3 Å². The van der Waals surface area contributed by atoms with Gasteiger partial charge in [-0.05, 0) is 36.6 Å². The van der Waals surface area contributed by atoms with Crippen LogP contribution in [-0.2, 0) is 22.5 Å². The molecule has 0 amide bonds. The van der Waals surface area contributed by atoms with Crippen molar-refractivity contribution in [3.05, 3.63) is 107 Å². The zero-order valence-electron chi connectivity index (χ0n) is 18.5. The van der Waals surface area contributed by atoms with E-state index in [0.29, 0.717) is 19.6 Å². The molecule has 3 aromatic carbocycles. The third-order valence-corrected chi connectivity index (χ3v) is 6.41. The Labute approximate surface area is 188 Å². The summed E-state index contributed by atoms with van der Waals surface area (Å²) in [6.07, 6.45) is 0.632. The van der Waals surface area contributed by atoms with Crippen LogP contribution in [0.2, 0.25) is 0 Å². The fourth-order valence-electron chi connectivity index (χ4n) is 4.89. The molecule has 5 rings (SSSR count). The molecule has 0 unspecified atom stereocenters. The molecule has 0 saturated heterocycles. The lowest BCUT2D eigenvalue weighted by molar-refractivity contribution is -0.151. The molecule has 4 nitrogen and oxygen atoms in total. The van der Waals surface area contributed by atoms with Gasteiger partial charge in [0.25, 0.3) is 0 Å². The summed E-state index contributed by atoms with van der Waals surface area (Å²) < 4.78 is 5.57. The molecule has 32 heavy (non-hydrogen) atoms. The van der Waals surface area contributed by atoms with Crippen molar-refractivity contribution in [1.82, 2.24) is 9.88 Å². The van der Waals surface area contributed by atoms with E-state index in [2.05, 4.69) is 77.5 Å². The lowest BCUT2D eigenvalue weighted by Gasteiger charge is -2.41. The third-order valence-electron chi connectivity index (χ3n) is 6.41. The average molecular weight is 425 g/mol. The monoisotopic (exact) mass is 424 g/mol. The molecule has 1 aliphatic heterocycles. The minimum absolute atomic E-state index is 0.0682. The van der Waals surface area contributed by atoms with Crippen molar-refractivity contribution < 1.29 is 9.53 Å². The molecule has 0 spiro atoms. The number of H-pyrrole nitrogens is 1. The summed E-state index contributed by atoms with van der Waals surface area (Å²) in [5.41, 5.74) is 7.07. The first-order valence-electron chi connectivity index (χ1n) is 11.3. The third kappa shape index (κ3) is 3.71. The van der Waals surface area contributed by atoms with Crippen molar-refractivity contribution in [2.75, 3.05) is 6.61 Å². The van der Waals surface area contributed by atoms with E-state index in [1.807, 2.05) is 25.1 Å². The molecule has 1 aromatic heterocycles. The Morgan fingerprint density at radius 3 is 2.47 bits per heavy atom. The second kappa shape index (κ2) is 8.64. The average Bonchev–Trinajstić information content (AvgIpc) is 3.18. The Bertz CT molecular complexity index is 1230. The maximum Gasteiger partial charge on any atom is 0.323 e. The summed E-state index contributed by atoms with van der Waals surface area (Å²) in [6.45, 7) is 5.02. The van der Waals surface area contributed by atoms with E-state index < -0.39 is 0 Å². The highest BCUT2D eigenvalue weighted by Crippen LogP contribution is 2.42. The molecule has 2 atom stereocenters. The number of ether oxygens (including phenoxy) is 1. The number of aryl methyl sites for hydroxylation is 1. The standard InChI is InChI=1S/C28H28N2O2/c1-3-32-28(31)25-17-23-22-11-7-8-12-24(22)29-26(23)27(21-15-13-19(2)14-16-21)30(25)18-20-9-5-4-6-10-20/h4-16,25,27,29H,3,17-18H2,1-2H3/t25-,27+/m0/s1. The number of aromatic nitrogens is 1. The van der Waals surface area contributed by atoms with Gasteiger partial charge in [0.2, 0.25) is 0 Å². The van der Waals surface area contributed by atoms with Gasteiger partial charge in [0.1, 0.15) is 6.04 Å². The van der Waals surface area contributed by atoms with Crippen molar-refractivity contribution >= 4 is 16.9 Å². The quantitative estimate of drug-likeness (QED) is 0.427. The van der Waals surface area contributed by atoms with Gasteiger partial charge in [-0.15, -0.1) is 0 Å². The van der Waals surface area contributed by atoms with Crippen molar-refractivity contribution in [2.24, 2.45) is 0 Å². The van der Waals surface area contributed by atoms with Crippen LogP contribution in [0, 0.1) is 6.92 Å². The molecule has 0 bridgehead atoms. The van der Waals surface area contributed by atoms with E-state index in [0.717, 1.165) is 5.52 Å². The number of nitrogens with zero attached hydrogens (tertiary/aromatic N) is 1. The van der Waals surface area contributed by atoms with E-state index in [1.165, 1.54) is 33.3 Å². The van der Waals surface area contributed by atoms with E-state index in [-0.39, 0.29) is 18.1 Å². The highest BCUT2D eigenvalue weighted by atomic mass is 16.5. The number of benzene rings is 3. The SMILES string of the molecule is CCOC(=O)[C@@H]1Cc2c([nH]c3ccccc23)[C@@H](c2ccc(C)cc2)N1Cc1ccccc1. The van der Waals surface area contributed by atoms with E-state index >= 15 is 0 Å². The Kier molecular flexibility index (Phi) is 5.54. The molecule has 4 aromatic rings. The van der Waals surface area contributed by atoms with Crippen LogP contribution in [0.3, 0.4) is 0 Å². The number of fused-ring (bicyclic) bond motifs is 3. The first-order valence-corrected chi connectivity index (χ1v) is 11.3. The highest BCUT2D eigenvalue weighted by molar-refractivity contribution is 5.87. The first-order chi connectivity index (χ1) is 15.7. The van der Waals surface area contributed by atoms with Crippen molar-refractivity contribution in [3.8, 4) is 0 Å². The molecule has 0 fully saturated rings. The maximum atomic E-state index is 13.2. The molecule has 1 aliphatic rings. The second-order valence-corrected chi connectivity index (χ2v) is 8.51. The van der Waals surface area contributed by atoms with E-state index in [1.54, 1.807) is 0 Å². The first kappa shape index (κ1) is 20.5.